The van der Waals surface area contributed by atoms with Crippen molar-refractivity contribution in [2.45, 2.75) is 39.7 Å². The van der Waals surface area contributed by atoms with Gasteiger partial charge >= 0.3 is 0 Å². The number of nitrogens with one attached hydrogen (secondary N) is 1. The number of aryl methyl sites for hydroxylation is 1. The zero-order valence-corrected chi connectivity index (χ0v) is 17.9. The number of halogens is 1. The lowest BCUT2D eigenvalue weighted by atomic mass is 10.1. The Balaban J connectivity index is 1.62. The molecule has 0 radical (unpaired) electrons. The van der Waals surface area contributed by atoms with Crippen molar-refractivity contribution in [1.82, 2.24) is 24.9 Å². The Morgan fingerprint density at radius 3 is 2.71 bits per heavy atom. The molecule has 0 saturated carbocycles. The molecular formula is C22H28FN5O3. The molecule has 0 fully saturated rings. The van der Waals surface area contributed by atoms with Crippen LogP contribution in [-0.4, -0.2) is 51.7 Å². The van der Waals surface area contributed by atoms with Crippen LogP contribution in [0.15, 0.2) is 39.9 Å². The van der Waals surface area contributed by atoms with Crippen LogP contribution in [0.3, 0.4) is 0 Å². The summed E-state index contributed by atoms with van der Waals surface area (Å²) in [5.74, 6) is -0.506. The SMILES string of the molecule is CCCCN(CC)CCNC(=O)CCn1cnc2onc(-c3ccc(F)cc3)c2c1=O. The van der Waals surface area contributed by atoms with Crippen LogP contribution in [0.4, 0.5) is 4.39 Å². The highest BCUT2D eigenvalue weighted by Crippen LogP contribution is 2.24. The minimum atomic E-state index is -0.384. The molecule has 0 aliphatic rings. The van der Waals surface area contributed by atoms with Gasteiger partial charge in [-0.1, -0.05) is 25.4 Å². The van der Waals surface area contributed by atoms with Crippen molar-refractivity contribution in [1.29, 1.82) is 0 Å². The Bertz CT molecular complexity index is 1060. The highest BCUT2D eigenvalue weighted by molar-refractivity contribution is 5.88. The van der Waals surface area contributed by atoms with Crippen LogP contribution in [0, 0.1) is 5.82 Å². The number of likely N-dealkylation sites (N-methyl/N-ethyl adjacent to an activating group) is 1. The fraction of sp³-hybridized carbons (Fsp3) is 0.455. The van der Waals surface area contributed by atoms with Gasteiger partial charge in [0.15, 0.2) is 0 Å². The number of carbonyl (C=O) groups is 1. The molecule has 0 spiro atoms. The van der Waals surface area contributed by atoms with Gasteiger partial charge in [-0.2, -0.15) is 0 Å². The van der Waals surface area contributed by atoms with Gasteiger partial charge in [0.2, 0.25) is 5.91 Å². The minimum absolute atomic E-state index is 0.108. The van der Waals surface area contributed by atoms with Gasteiger partial charge in [0.05, 0.1) is 0 Å². The van der Waals surface area contributed by atoms with Crippen molar-refractivity contribution in [2.24, 2.45) is 0 Å². The summed E-state index contributed by atoms with van der Waals surface area (Å²) in [5, 5.41) is 7.04. The Morgan fingerprint density at radius 2 is 2.00 bits per heavy atom. The van der Waals surface area contributed by atoms with Crippen LogP contribution >= 0.6 is 0 Å². The molecule has 0 aliphatic carbocycles. The van der Waals surface area contributed by atoms with E-state index in [0.29, 0.717) is 17.8 Å². The van der Waals surface area contributed by atoms with E-state index < -0.39 is 0 Å². The molecule has 0 atom stereocenters. The second-order valence-corrected chi connectivity index (χ2v) is 7.35. The van der Waals surface area contributed by atoms with Crippen LogP contribution in [-0.2, 0) is 11.3 Å². The Hall–Kier alpha value is -3.07. The van der Waals surface area contributed by atoms with Crippen LogP contribution in [0.25, 0.3) is 22.4 Å². The third kappa shape index (κ3) is 5.75. The van der Waals surface area contributed by atoms with Crippen molar-refractivity contribution < 1.29 is 13.7 Å². The van der Waals surface area contributed by atoms with Gasteiger partial charge in [-0.25, -0.2) is 9.37 Å². The predicted molar refractivity (Wildman–Crippen MR) is 116 cm³/mol. The molecule has 2 heterocycles. The first kappa shape index (κ1) is 22.6. The third-order valence-electron chi connectivity index (χ3n) is 5.19. The molecule has 8 nitrogen and oxygen atoms in total. The van der Waals surface area contributed by atoms with Gasteiger partial charge in [-0.05, 0) is 43.8 Å². The van der Waals surface area contributed by atoms with Gasteiger partial charge < -0.3 is 14.7 Å². The summed E-state index contributed by atoms with van der Waals surface area (Å²) in [6.45, 7) is 7.81. The molecule has 3 aromatic rings. The van der Waals surface area contributed by atoms with E-state index >= 15 is 0 Å². The monoisotopic (exact) mass is 429 g/mol. The Kier molecular flexibility index (Phi) is 7.88. The lowest BCUT2D eigenvalue weighted by molar-refractivity contribution is -0.121. The van der Waals surface area contributed by atoms with E-state index in [2.05, 4.69) is 34.2 Å². The molecule has 0 aliphatic heterocycles. The highest BCUT2D eigenvalue weighted by atomic mass is 19.1. The summed E-state index contributed by atoms with van der Waals surface area (Å²) < 4.78 is 19.7. The van der Waals surface area contributed by atoms with Gasteiger partial charge in [-0.15, -0.1) is 0 Å². The van der Waals surface area contributed by atoms with Gasteiger partial charge in [0, 0.05) is 31.6 Å². The fourth-order valence-corrected chi connectivity index (χ4v) is 3.32. The van der Waals surface area contributed by atoms with Crippen molar-refractivity contribution in [3.63, 3.8) is 0 Å². The van der Waals surface area contributed by atoms with Crippen LogP contribution in [0.2, 0.25) is 0 Å². The fourth-order valence-electron chi connectivity index (χ4n) is 3.32. The second-order valence-electron chi connectivity index (χ2n) is 7.35. The smallest absolute Gasteiger partial charge is 0.266 e. The maximum Gasteiger partial charge on any atom is 0.266 e. The van der Waals surface area contributed by atoms with Gasteiger partial charge in [-0.3, -0.25) is 14.2 Å². The molecule has 31 heavy (non-hydrogen) atoms. The van der Waals surface area contributed by atoms with E-state index in [-0.39, 0.29) is 41.3 Å². The number of rotatable bonds is 11. The number of hydrogen-bond acceptors (Lipinski definition) is 6. The van der Waals surface area contributed by atoms with E-state index in [1.54, 1.807) is 0 Å². The summed E-state index contributed by atoms with van der Waals surface area (Å²) in [6, 6.07) is 5.63. The topological polar surface area (TPSA) is 93.3 Å². The highest BCUT2D eigenvalue weighted by Gasteiger charge is 2.17. The summed E-state index contributed by atoms with van der Waals surface area (Å²) in [6.07, 6.45) is 3.79. The average molecular weight is 429 g/mol. The molecule has 0 unspecified atom stereocenters. The first-order chi connectivity index (χ1) is 15.0. The number of aromatic nitrogens is 3. The van der Waals surface area contributed by atoms with E-state index in [1.807, 2.05) is 0 Å². The Morgan fingerprint density at radius 1 is 1.23 bits per heavy atom. The van der Waals surface area contributed by atoms with Crippen molar-refractivity contribution >= 4 is 17.0 Å². The molecule has 166 valence electrons. The van der Waals surface area contributed by atoms with Crippen molar-refractivity contribution in [2.75, 3.05) is 26.2 Å². The summed E-state index contributed by atoms with van der Waals surface area (Å²) in [4.78, 5) is 31.6. The van der Waals surface area contributed by atoms with Crippen LogP contribution < -0.4 is 10.9 Å². The summed E-state index contributed by atoms with van der Waals surface area (Å²) in [7, 11) is 0. The number of carbonyl (C=O) groups excluding carboxylic acids is 1. The third-order valence-corrected chi connectivity index (χ3v) is 5.19. The van der Waals surface area contributed by atoms with Gasteiger partial charge in [0.1, 0.15) is 23.2 Å². The molecule has 0 bridgehead atoms. The standard InChI is InChI=1S/C22H28FN5O3/c1-3-5-12-27(4-2)14-11-24-18(29)10-13-28-15-25-21-19(22(28)30)20(26-31-21)16-6-8-17(23)9-7-16/h6-9,15H,3-5,10-14H2,1-2H3,(H,24,29). The molecule has 1 aromatic carbocycles. The summed E-state index contributed by atoms with van der Waals surface area (Å²) in [5.41, 5.74) is 0.614. The second kappa shape index (κ2) is 10.8. The number of fused-ring (bicyclic) bond motifs is 1. The first-order valence-electron chi connectivity index (χ1n) is 10.6. The largest absolute Gasteiger partial charge is 0.355 e. The van der Waals surface area contributed by atoms with E-state index in [0.717, 1.165) is 32.5 Å². The normalized spacial score (nSPS) is 11.4. The zero-order chi connectivity index (χ0) is 22.2. The van der Waals surface area contributed by atoms with Crippen LogP contribution in [0.5, 0.6) is 0 Å². The first-order valence-corrected chi connectivity index (χ1v) is 10.6. The zero-order valence-electron chi connectivity index (χ0n) is 17.9. The molecule has 0 saturated heterocycles. The van der Waals surface area contributed by atoms with Crippen molar-refractivity contribution in [3.8, 4) is 11.3 Å². The molecule has 1 N–H and O–H groups in total. The van der Waals surface area contributed by atoms with Gasteiger partial charge in [0.25, 0.3) is 11.3 Å². The number of amides is 1. The molecule has 9 heteroatoms. The predicted octanol–water partition coefficient (Wildman–Crippen LogP) is 2.82. The maximum absolute atomic E-state index is 13.2. The quantitative estimate of drug-likeness (QED) is 0.504. The maximum atomic E-state index is 13.2. The van der Waals surface area contributed by atoms with Crippen molar-refractivity contribution in [3.05, 3.63) is 46.8 Å². The van der Waals surface area contributed by atoms with Crippen LogP contribution in [0.1, 0.15) is 33.1 Å². The lowest BCUT2D eigenvalue weighted by Gasteiger charge is -2.20. The summed E-state index contributed by atoms with van der Waals surface area (Å²) >= 11 is 0. The van der Waals surface area contributed by atoms with E-state index in [4.69, 9.17) is 4.52 Å². The number of benzene rings is 1. The van der Waals surface area contributed by atoms with E-state index in [1.165, 1.54) is 35.2 Å². The lowest BCUT2D eigenvalue weighted by Crippen LogP contribution is -2.36. The number of hydrogen-bond donors (Lipinski definition) is 1. The number of unbranched alkanes of at least 4 members (excludes halogenated alkanes) is 1. The molecule has 1 amide bonds. The molecule has 3 rings (SSSR count). The molecular weight excluding hydrogens is 401 g/mol. The Labute approximate surface area is 180 Å². The average Bonchev–Trinajstić information content (AvgIpc) is 3.21. The molecule has 2 aromatic heterocycles. The minimum Gasteiger partial charge on any atom is -0.355 e. The van der Waals surface area contributed by atoms with E-state index in [9.17, 15) is 14.0 Å². The number of nitrogens with zero attached hydrogens (tertiary/aromatic N) is 4.